The van der Waals surface area contributed by atoms with E-state index in [0.29, 0.717) is 21.5 Å². The molecule has 114 valence electrons. The standard InChI is InChI=1S/C14H17ClN2O2S2/c1-2-8-16-10-13-6-7-14(20-13)21(18,19)17-12-5-3-4-11(15)9-12/h3-7,9,16-17H,2,8,10H2,1H3. The topological polar surface area (TPSA) is 58.2 Å². The highest BCUT2D eigenvalue weighted by atomic mass is 35.5. The number of hydrogen-bond acceptors (Lipinski definition) is 4. The summed E-state index contributed by atoms with van der Waals surface area (Å²) in [4.78, 5) is 0.995. The molecular formula is C14H17ClN2O2S2. The molecule has 0 aliphatic carbocycles. The fraction of sp³-hybridized carbons (Fsp3) is 0.286. The molecule has 0 aliphatic heterocycles. The second-order valence-electron chi connectivity index (χ2n) is 4.51. The molecule has 0 unspecified atom stereocenters. The van der Waals surface area contributed by atoms with Gasteiger partial charge in [0.05, 0.1) is 5.69 Å². The maximum absolute atomic E-state index is 12.3. The molecule has 1 aromatic carbocycles. The van der Waals surface area contributed by atoms with E-state index in [2.05, 4.69) is 17.0 Å². The van der Waals surface area contributed by atoms with E-state index in [0.717, 1.165) is 17.8 Å². The van der Waals surface area contributed by atoms with Crippen molar-refractivity contribution in [2.75, 3.05) is 11.3 Å². The van der Waals surface area contributed by atoms with Crippen LogP contribution >= 0.6 is 22.9 Å². The Labute approximate surface area is 134 Å². The van der Waals surface area contributed by atoms with Crippen molar-refractivity contribution < 1.29 is 8.42 Å². The van der Waals surface area contributed by atoms with Gasteiger partial charge in [-0.1, -0.05) is 24.6 Å². The zero-order valence-corrected chi connectivity index (χ0v) is 14.0. The summed E-state index contributed by atoms with van der Waals surface area (Å²) in [5, 5.41) is 3.74. The van der Waals surface area contributed by atoms with Gasteiger partial charge < -0.3 is 5.32 Å². The number of hydrogen-bond donors (Lipinski definition) is 2. The van der Waals surface area contributed by atoms with Crippen LogP contribution in [0.4, 0.5) is 5.69 Å². The van der Waals surface area contributed by atoms with Gasteiger partial charge in [0.15, 0.2) is 0 Å². The van der Waals surface area contributed by atoms with Gasteiger partial charge in [-0.25, -0.2) is 8.42 Å². The molecule has 4 nitrogen and oxygen atoms in total. The number of halogens is 1. The number of sulfonamides is 1. The summed E-state index contributed by atoms with van der Waals surface area (Å²) in [6.07, 6.45) is 1.05. The third-order valence-corrected chi connectivity index (χ3v) is 5.90. The Morgan fingerprint density at radius 3 is 2.76 bits per heavy atom. The third kappa shape index (κ3) is 4.71. The minimum absolute atomic E-state index is 0.302. The molecule has 0 aliphatic rings. The summed E-state index contributed by atoms with van der Waals surface area (Å²) < 4.78 is 27.4. The summed E-state index contributed by atoms with van der Waals surface area (Å²) in [7, 11) is -3.56. The van der Waals surface area contributed by atoms with Gasteiger partial charge in [-0.3, -0.25) is 4.72 Å². The smallest absolute Gasteiger partial charge is 0.271 e. The lowest BCUT2D eigenvalue weighted by molar-refractivity contribution is 0.603. The van der Waals surface area contributed by atoms with Gasteiger partial charge in [0.25, 0.3) is 10.0 Å². The minimum Gasteiger partial charge on any atom is -0.312 e. The van der Waals surface area contributed by atoms with Crippen molar-refractivity contribution in [2.24, 2.45) is 0 Å². The monoisotopic (exact) mass is 344 g/mol. The molecule has 1 aromatic heterocycles. The highest BCUT2D eigenvalue weighted by Crippen LogP contribution is 2.25. The van der Waals surface area contributed by atoms with Crippen LogP contribution in [0.5, 0.6) is 0 Å². The summed E-state index contributed by atoms with van der Waals surface area (Å²) in [5.74, 6) is 0. The van der Waals surface area contributed by atoms with E-state index in [4.69, 9.17) is 11.6 Å². The van der Waals surface area contributed by atoms with Crippen LogP contribution in [0.25, 0.3) is 0 Å². The van der Waals surface area contributed by atoms with E-state index in [9.17, 15) is 8.42 Å². The van der Waals surface area contributed by atoms with E-state index >= 15 is 0 Å². The summed E-state index contributed by atoms with van der Waals surface area (Å²) in [6, 6.07) is 10.1. The Hall–Kier alpha value is -1.08. The molecule has 2 aromatic rings. The maximum atomic E-state index is 12.3. The molecule has 2 N–H and O–H groups in total. The first-order valence-corrected chi connectivity index (χ1v) is 9.27. The van der Waals surface area contributed by atoms with Crippen molar-refractivity contribution in [2.45, 2.75) is 24.1 Å². The Kier molecular flexibility index (Phi) is 5.64. The highest BCUT2D eigenvalue weighted by Gasteiger charge is 2.17. The molecule has 21 heavy (non-hydrogen) atoms. The SMILES string of the molecule is CCCNCc1ccc(S(=O)(=O)Nc2cccc(Cl)c2)s1. The first-order chi connectivity index (χ1) is 10.0. The lowest BCUT2D eigenvalue weighted by Gasteiger charge is -2.06. The van der Waals surface area contributed by atoms with Crippen LogP contribution < -0.4 is 10.0 Å². The van der Waals surface area contributed by atoms with Crippen molar-refractivity contribution >= 4 is 38.6 Å². The van der Waals surface area contributed by atoms with Crippen LogP contribution in [0.2, 0.25) is 5.02 Å². The van der Waals surface area contributed by atoms with Crippen molar-refractivity contribution in [3.63, 3.8) is 0 Å². The molecular weight excluding hydrogens is 328 g/mol. The molecule has 0 amide bonds. The van der Waals surface area contributed by atoms with E-state index in [1.54, 1.807) is 30.3 Å². The molecule has 7 heteroatoms. The van der Waals surface area contributed by atoms with Crippen LogP contribution in [-0.2, 0) is 16.6 Å². The van der Waals surface area contributed by atoms with Gasteiger partial charge in [0.1, 0.15) is 4.21 Å². The number of anilines is 1. The Morgan fingerprint density at radius 2 is 2.05 bits per heavy atom. The largest absolute Gasteiger partial charge is 0.312 e. The molecule has 2 rings (SSSR count). The van der Waals surface area contributed by atoms with Crippen molar-refractivity contribution in [3.8, 4) is 0 Å². The highest BCUT2D eigenvalue weighted by molar-refractivity contribution is 7.94. The summed E-state index contributed by atoms with van der Waals surface area (Å²) in [5.41, 5.74) is 0.460. The zero-order chi connectivity index (χ0) is 15.3. The van der Waals surface area contributed by atoms with Crippen molar-refractivity contribution in [1.82, 2.24) is 5.32 Å². The summed E-state index contributed by atoms with van der Waals surface area (Å²) >= 11 is 7.12. The lowest BCUT2D eigenvalue weighted by Crippen LogP contribution is -2.13. The summed E-state index contributed by atoms with van der Waals surface area (Å²) in [6.45, 7) is 3.69. The average Bonchev–Trinajstić information content (AvgIpc) is 2.88. The normalized spacial score (nSPS) is 11.5. The molecule has 0 radical (unpaired) electrons. The zero-order valence-electron chi connectivity index (χ0n) is 11.6. The first kappa shape index (κ1) is 16.3. The van der Waals surface area contributed by atoms with Gasteiger partial charge in [-0.05, 0) is 43.3 Å². The van der Waals surface area contributed by atoms with E-state index in [-0.39, 0.29) is 0 Å². The predicted molar refractivity (Wildman–Crippen MR) is 88.6 cm³/mol. The predicted octanol–water partition coefficient (Wildman–Crippen LogP) is 3.70. The van der Waals surface area contributed by atoms with E-state index in [1.807, 2.05) is 6.07 Å². The van der Waals surface area contributed by atoms with Gasteiger partial charge in [-0.15, -0.1) is 11.3 Å². The van der Waals surface area contributed by atoms with Crippen LogP contribution in [0.1, 0.15) is 18.2 Å². The Morgan fingerprint density at radius 1 is 1.24 bits per heavy atom. The fourth-order valence-electron chi connectivity index (χ4n) is 1.74. The van der Waals surface area contributed by atoms with Gasteiger partial charge in [0.2, 0.25) is 0 Å². The molecule has 0 fully saturated rings. The van der Waals surface area contributed by atoms with Gasteiger partial charge in [0, 0.05) is 16.4 Å². The molecule has 0 bridgehead atoms. The number of thiophene rings is 1. The average molecular weight is 345 g/mol. The second kappa shape index (κ2) is 7.26. The first-order valence-electron chi connectivity index (χ1n) is 6.59. The quantitative estimate of drug-likeness (QED) is 0.753. The third-order valence-electron chi connectivity index (χ3n) is 2.70. The van der Waals surface area contributed by atoms with Crippen molar-refractivity contribution in [1.29, 1.82) is 0 Å². The Bertz CT molecular complexity index is 699. The second-order valence-corrected chi connectivity index (χ2v) is 8.03. The van der Waals surface area contributed by atoms with Crippen molar-refractivity contribution in [3.05, 3.63) is 46.3 Å². The molecule has 0 atom stereocenters. The number of nitrogens with one attached hydrogen (secondary N) is 2. The van der Waals surface area contributed by atoms with Crippen LogP contribution in [0, 0.1) is 0 Å². The van der Waals surface area contributed by atoms with E-state index in [1.165, 1.54) is 11.3 Å². The Balaban J connectivity index is 2.09. The molecule has 0 saturated carbocycles. The van der Waals surface area contributed by atoms with Crippen LogP contribution in [0.15, 0.2) is 40.6 Å². The molecule has 0 spiro atoms. The minimum atomic E-state index is -3.56. The fourth-order valence-corrected chi connectivity index (χ4v) is 4.31. The number of benzene rings is 1. The maximum Gasteiger partial charge on any atom is 0.271 e. The van der Waals surface area contributed by atoms with Gasteiger partial charge >= 0.3 is 0 Å². The number of rotatable bonds is 7. The van der Waals surface area contributed by atoms with E-state index < -0.39 is 10.0 Å². The molecule has 0 saturated heterocycles. The van der Waals surface area contributed by atoms with Gasteiger partial charge in [-0.2, -0.15) is 0 Å². The lowest BCUT2D eigenvalue weighted by atomic mass is 10.3. The van der Waals surface area contributed by atoms with Crippen LogP contribution in [-0.4, -0.2) is 15.0 Å². The van der Waals surface area contributed by atoms with Crippen LogP contribution in [0.3, 0.4) is 0 Å². The molecule has 1 heterocycles.